The highest BCUT2D eigenvalue weighted by atomic mass is 19.4. The molecular formula is C19H19F3N2O2. The van der Waals surface area contributed by atoms with Crippen LogP contribution in [0.4, 0.5) is 13.2 Å². The molecule has 0 amide bonds. The lowest BCUT2D eigenvalue weighted by Gasteiger charge is -2.13. The summed E-state index contributed by atoms with van der Waals surface area (Å²) < 4.78 is 39.8. The third-order valence-corrected chi connectivity index (χ3v) is 3.71. The minimum Gasteiger partial charge on any atom is -0.399 e. The number of halogens is 3. The van der Waals surface area contributed by atoms with Gasteiger partial charge < -0.3 is 9.68 Å². The summed E-state index contributed by atoms with van der Waals surface area (Å²) in [4.78, 5) is 9.85. The lowest BCUT2D eigenvalue weighted by molar-refractivity contribution is -0.0618. The van der Waals surface area contributed by atoms with Crippen molar-refractivity contribution in [3.63, 3.8) is 0 Å². The number of oxime groups is 2. The first-order valence-electron chi connectivity index (χ1n) is 7.83. The Morgan fingerprint density at radius 1 is 1.00 bits per heavy atom. The molecule has 2 aromatic rings. The molecule has 0 saturated carbocycles. The zero-order valence-corrected chi connectivity index (χ0v) is 14.7. The number of hydrogen-bond donors (Lipinski definition) is 0. The summed E-state index contributed by atoms with van der Waals surface area (Å²) in [7, 11) is 1.43. The molecule has 0 aliphatic heterocycles. The molecule has 2 rings (SSSR count). The number of rotatable bonds is 6. The van der Waals surface area contributed by atoms with Crippen LogP contribution in [0.25, 0.3) is 0 Å². The number of benzene rings is 2. The first-order chi connectivity index (χ1) is 12.3. The molecule has 0 aliphatic rings. The van der Waals surface area contributed by atoms with E-state index in [2.05, 4.69) is 10.3 Å². The minimum absolute atomic E-state index is 0.0536. The second-order valence-corrected chi connectivity index (χ2v) is 5.54. The lowest BCUT2D eigenvalue weighted by Crippen LogP contribution is -2.24. The molecule has 4 nitrogen and oxygen atoms in total. The van der Waals surface area contributed by atoms with Crippen molar-refractivity contribution >= 4 is 11.4 Å². The topological polar surface area (TPSA) is 43.2 Å². The highest BCUT2D eigenvalue weighted by molar-refractivity contribution is 6.04. The maximum Gasteiger partial charge on any atom is 0.437 e. The van der Waals surface area contributed by atoms with Gasteiger partial charge in [-0.25, -0.2) is 0 Å². The van der Waals surface area contributed by atoms with E-state index < -0.39 is 11.9 Å². The molecule has 7 heteroatoms. The predicted molar refractivity (Wildman–Crippen MR) is 94.2 cm³/mol. The molecule has 0 unspecified atom stereocenters. The van der Waals surface area contributed by atoms with Crippen LogP contribution in [0.2, 0.25) is 0 Å². The van der Waals surface area contributed by atoms with Crippen molar-refractivity contribution in [2.75, 3.05) is 7.11 Å². The van der Waals surface area contributed by atoms with Gasteiger partial charge in [0, 0.05) is 16.7 Å². The normalized spacial score (nSPS) is 12.8. The Morgan fingerprint density at radius 2 is 1.69 bits per heavy atom. The zero-order chi connectivity index (χ0) is 19.2. The highest BCUT2D eigenvalue weighted by Gasteiger charge is 2.37. The van der Waals surface area contributed by atoms with Gasteiger partial charge in [0.05, 0.1) is 5.71 Å². The molecule has 138 valence electrons. The van der Waals surface area contributed by atoms with Crippen LogP contribution in [0.5, 0.6) is 0 Å². The molecule has 26 heavy (non-hydrogen) atoms. The second kappa shape index (κ2) is 8.51. The minimum atomic E-state index is -4.62. The Labute approximate surface area is 149 Å². The molecule has 2 aromatic carbocycles. The van der Waals surface area contributed by atoms with E-state index in [1.54, 1.807) is 19.1 Å². The van der Waals surface area contributed by atoms with E-state index in [1.807, 2.05) is 19.1 Å². The summed E-state index contributed by atoms with van der Waals surface area (Å²) in [5.41, 5.74) is 1.76. The van der Waals surface area contributed by atoms with E-state index in [1.165, 1.54) is 31.4 Å². The fraction of sp³-hybridized carbons (Fsp3) is 0.263. The van der Waals surface area contributed by atoms with E-state index in [0.717, 1.165) is 11.1 Å². The standard InChI is InChI=1S/C19H19F3N2O2/c1-13-8-7-11-16(14(2)23-25-3)17(13)12-26-24-18(19(20,21)22)15-9-5-4-6-10-15/h4-11H,12H2,1-3H3/b23-14-,24-18-. The molecule has 0 saturated heterocycles. The van der Waals surface area contributed by atoms with Crippen LogP contribution < -0.4 is 0 Å². The van der Waals surface area contributed by atoms with E-state index in [9.17, 15) is 13.2 Å². The van der Waals surface area contributed by atoms with Gasteiger partial charge in [-0.3, -0.25) is 0 Å². The summed E-state index contributed by atoms with van der Waals surface area (Å²) in [6.45, 7) is 3.47. The fourth-order valence-electron chi connectivity index (χ4n) is 2.44. The van der Waals surface area contributed by atoms with Gasteiger partial charge in [-0.1, -0.05) is 58.8 Å². The third-order valence-electron chi connectivity index (χ3n) is 3.71. The van der Waals surface area contributed by atoms with Gasteiger partial charge in [0.25, 0.3) is 0 Å². The molecule has 0 radical (unpaired) electrons. The molecule has 0 fully saturated rings. The van der Waals surface area contributed by atoms with Gasteiger partial charge in [0.15, 0.2) is 5.71 Å². The van der Waals surface area contributed by atoms with Crippen LogP contribution in [-0.4, -0.2) is 24.7 Å². The monoisotopic (exact) mass is 364 g/mol. The fourth-order valence-corrected chi connectivity index (χ4v) is 2.44. The van der Waals surface area contributed by atoms with E-state index in [0.29, 0.717) is 11.3 Å². The molecule has 0 bridgehead atoms. The number of hydrogen-bond acceptors (Lipinski definition) is 4. The van der Waals surface area contributed by atoms with E-state index in [4.69, 9.17) is 9.68 Å². The van der Waals surface area contributed by atoms with Gasteiger partial charge in [-0.2, -0.15) is 13.2 Å². The van der Waals surface area contributed by atoms with Gasteiger partial charge in [0.2, 0.25) is 0 Å². The Hall–Kier alpha value is -2.83. The highest BCUT2D eigenvalue weighted by Crippen LogP contribution is 2.23. The smallest absolute Gasteiger partial charge is 0.399 e. The summed E-state index contributed by atoms with van der Waals surface area (Å²) in [6, 6.07) is 12.8. The zero-order valence-electron chi connectivity index (χ0n) is 14.7. The summed E-state index contributed by atoms with van der Waals surface area (Å²) in [6.07, 6.45) is -4.62. The van der Waals surface area contributed by atoms with Crippen LogP contribution in [0.3, 0.4) is 0 Å². The molecular weight excluding hydrogens is 345 g/mol. The van der Waals surface area contributed by atoms with Crippen LogP contribution in [0, 0.1) is 6.92 Å². The predicted octanol–water partition coefficient (Wildman–Crippen LogP) is 4.85. The first-order valence-corrected chi connectivity index (χ1v) is 7.83. The molecule has 0 N–H and O–H groups in total. The Balaban J connectivity index is 2.30. The summed E-state index contributed by atoms with van der Waals surface area (Å²) >= 11 is 0. The van der Waals surface area contributed by atoms with Crippen molar-refractivity contribution in [3.8, 4) is 0 Å². The molecule has 0 aromatic heterocycles. The van der Waals surface area contributed by atoms with E-state index in [-0.39, 0.29) is 12.2 Å². The summed E-state index contributed by atoms with van der Waals surface area (Å²) in [5.74, 6) is 0. The Kier molecular flexibility index (Phi) is 6.38. The summed E-state index contributed by atoms with van der Waals surface area (Å²) in [5, 5.41) is 7.24. The third kappa shape index (κ3) is 4.84. The average Bonchev–Trinajstić information content (AvgIpc) is 2.59. The largest absolute Gasteiger partial charge is 0.437 e. The van der Waals surface area contributed by atoms with Crippen molar-refractivity contribution < 1.29 is 22.8 Å². The number of alkyl halides is 3. The maximum absolute atomic E-state index is 13.3. The Bertz CT molecular complexity index is 800. The maximum atomic E-state index is 13.3. The van der Waals surface area contributed by atoms with E-state index >= 15 is 0 Å². The van der Waals surface area contributed by atoms with Gasteiger partial charge in [-0.05, 0) is 19.4 Å². The second-order valence-electron chi connectivity index (χ2n) is 5.54. The lowest BCUT2D eigenvalue weighted by atomic mass is 10.00. The van der Waals surface area contributed by atoms with Crippen LogP contribution in [-0.2, 0) is 16.3 Å². The molecule has 0 spiro atoms. The number of aryl methyl sites for hydroxylation is 1. The SMILES string of the molecule is CO/N=C(/C)c1cccc(C)c1CO/N=C(/c1ccccc1)C(F)(F)F. The van der Waals surface area contributed by atoms with Crippen molar-refractivity contribution in [1.82, 2.24) is 0 Å². The molecule has 0 atom stereocenters. The van der Waals surface area contributed by atoms with Crippen LogP contribution >= 0.6 is 0 Å². The average molecular weight is 364 g/mol. The van der Waals surface area contributed by atoms with Crippen LogP contribution in [0.15, 0.2) is 58.8 Å². The molecule has 0 heterocycles. The first kappa shape index (κ1) is 19.5. The Morgan fingerprint density at radius 3 is 2.31 bits per heavy atom. The quantitative estimate of drug-likeness (QED) is 0.543. The van der Waals surface area contributed by atoms with Crippen molar-refractivity contribution in [2.45, 2.75) is 26.6 Å². The molecule has 0 aliphatic carbocycles. The van der Waals surface area contributed by atoms with Gasteiger partial charge in [-0.15, -0.1) is 0 Å². The van der Waals surface area contributed by atoms with Gasteiger partial charge in [0.1, 0.15) is 13.7 Å². The van der Waals surface area contributed by atoms with Crippen molar-refractivity contribution in [3.05, 3.63) is 70.8 Å². The van der Waals surface area contributed by atoms with Crippen molar-refractivity contribution in [2.24, 2.45) is 10.3 Å². The van der Waals surface area contributed by atoms with Crippen molar-refractivity contribution in [1.29, 1.82) is 0 Å². The number of nitrogens with zero attached hydrogens (tertiary/aromatic N) is 2. The van der Waals surface area contributed by atoms with Crippen LogP contribution in [0.1, 0.15) is 29.2 Å². The van der Waals surface area contributed by atoms with Gasteiger partial charge >= 0.3 is 6.18 Å².